The molecule has 1 saturated heterocycles. The molecule has 90 valence electrons. The standard InChI is InChI=1S/C10H22O4Si/c1-4-15(11-2,12-3)7-5-6-13-8-10-9-14-10/h10H,4-9H2,1-3H3/t10-/m0/s1. The van der Waals surface area contributed by atoms with Crippen LogP contribution in [0, 0.1) is 0 Å². The molecular formula is C10H22O4Si. The summed E-state index contributed by atoms with van der Waals surface area (Å²) in [6, 6.07) is 1.99. The van der Waals surface area contributed by atoms with Crippen molar-refractivity contribution in [1.82, 2.24) is 0 Å². The molecule has 0 aromatic heterocycles. The zero-order valence-electron chi connectivity index (χ0n) is 9.95. The van der Waals surface area contributed by atoms with Gasteiger partial charge in [-0.05, 0) is 18.5 Å². The lowest BCUT2D eigenvalue weighted by molar-refractivity contribution is 0.114. The van der Waals surface area contributed by atoms with Gasteiger partial charge in [-0.1, -0.05) is 6.92 Å². The quantitative estimate of drug-likeness (QED) is 0.345. The summed E-state index contributed by atoms with van der Waals surface area (Å²) in [6.45, 7) is 4.50. The van der Waals surface area contributed by atoms with E-state index in [4.69, 9.17) is 18.3 Å². The molecule has 0 spiro atoms. The number of hydrogen-bond donors (Lipinski definition) is 0. The fraction of sp³-hybridized carbons (Fsp3) is 1.00. The van der Waals surface area contributed by atoms with Crippen molar-refractivity contribution in [2.75, 3.05) is 34.0 Å². The van der Waals surface area contributed by atoms with E-state index in [9.17, 15) is 0 Å². The van der Waals surface area contributed by atoms with Gasteiger partial charge in [-0.2, -0.15) is 0 Å². The Labute approximate surface area is 93.1 Å². The van der Waals surface area contributed by atoms with E-state index in [1.807, 2.05) is 0 Å². The molecule has 0 aliphatic carbocycles. The fourth-order valence-electron chi connectivity index (χ4n) is 1.58. The molecule has 0 bridgehead atoms. The van der Waals surface area contributed by atoms with E-state index in [2.05, 4.69) is 6.92 Å². The second-order valence-corrected chi connectivity index (χ2v) is 7.65. The van der Waals surface area contributed by atoms with Crippen LogP contribution in [0.3, 0.4) is 0 Å². The van der Waals surface area contributed by atoms with E-state index >= 15 is 0 Å². The van der Waals surface area contributed by atoms with Gasteiger partial charge in [0.1, 0.15) is 6.10 Å². The summed E-state index contributed by atoms with van der Waals surface area (Å²) >= 11 is 0. The summed E-state index contributed by atoms with van der Waals surface area (Å²) in [5, 5.41) is 0. The van der Waals surface area contributed by atoms with Crippen molar-refractivity contribution in [2.24, 2.45) is 0 Å². The summed E-state index contributed by atoms with van der Waals surface area (Å²) in [6.07, 6.45) is 1.37. The monoisotopic (exact) mass is 234 g/mol. The Balaban J connectivity index is 2.04. The fourth-order valence-corrected chi connectivity index (χ4v) is 3.76. The van der Waals surface area contributed by atoms with Gasteiger partial charge < -0.3 is 18.3 Å². The molecule has 1 fully saturated rings. The van der Waals surface area contributed by atoms with Gasteiger partial charge in [0.2, 0.25) is 0 Å². The highest BCUT2D eigenvalue weighted by molar-refractivity contribution is 6.67. The zero-order valence-corrected chi connectivity index (χ0v) is 11.0. The number of rotatable bonds is 9. The first-order valence-corrected chi connectivity index (χ1v) is 7.79. The first-order chi connectivity index (χ1) is 7.26. The second kappa shape index (κ2) is 6.60. The third kappa shape index (κ3) is 4.61. The van der Waals surface area contributed by atoms with Crippen molar-refractivity contribution in [2.45, 2.75) is 31.5 Å². The van der Waals surface area contributed by atoms with Gasteiger partial charge in [0.05, 0.1) is 13.2 Å². The van der Waals surface area contributed by atoms with Gasteiger partial charge in [0.15, 0.2) is 0 Å². The smallest absolute Gasteiger partial charge is 0.337 e. The molecule has 5 heteroatoms. The molecule has 15 heavy (non-hydrogen) atoms. The van der Waals surface area contributed by atoms with Crippen LogP contribution in [0.1, 0.15) is 13.3 Å². The highest BCUT2D eigenvalue weighted by atomic mass is 28.4. The van der Waals surface area contributed by atoms with Crippen molar-refractivity contribution < 1.29 is 18.3 Å². The third-order valence-electron chi connectivity index (χ3n) is 2.84. The maximum Gasteiger partial charge on any atom is 0.337 e. The van der Waals surface area contributed by atoms with Crippen LogP contribution >= 0.6 is 0 Å². The van der Waals surface area contributed by atoms with Gasteiger partial charge in [0, 0.05) is 20.8 Å². The Morgan fingerprint density at radius 2 is 2.00 bits per heavy atom. The average Bonchev–Trinajstić information content (AvgIpc) is 3.08. The van der Waals surface area contributed by atoms with E-state index in [-0.39, 0.29) is 0 Å². The SMILES string of the molecule is CC[Si](CCCOC[C@H]1CO1)(OC)OC. The van der Waals surface area contributed by atoms with Crippen LogP contribution in [0.2, 0.25) is 12.1 Å². The summed E-state index contributed by atoms with van der Waals surface area (Å²) in [7, 11) is 1.61. The minimum Gasteiger partial charge on any atom is -0.398 e. The van der Waals surface area contributed by atoms with Gasteiger partial charge in [-0.3, -0.25) is 0 Å². The number of hydrogen-bond acceptors (Lipinski definition) is 4. The average molecular weight is 234 g/mol. The summed E-state index contributed by atoms with van der Waals surface area (Å²) in [5.41, 5.74) is 0. The Bertz CT molecular complexity index is 161. The predicted molar refractivity (Wildman–Crippen MR) is 60.2 cm³/mol. The molecule has 4 nitrogen and oxygen atoms in total. The van der Waals surface area contributed by atoms with E-state index in [1.165, 1.54) is 0 Å². The number of epoxide rings is 1. The van der Waals surface area contributed by atoms with Crippen LogP contribution in [-0.4, -0.2) is 48.7 Å². The molecule has 1 rings (SSSR count). The summed E-state index contributed by atoms with van der Waals surface area (Å²) in [5.74, 6) is 0. The predicted octanol–water partition coefficient (Wildman–Crippen LogP) is 1.55. The molecule has 1 aliphatic rings. The van der Waals surface area contributed by atoms with Crippen molar-refractivity contribution >= 4 is 8.56 Å². The highest BCUT2D eigenvalue weighted by Gasteiger charge is 2.32. The topological polar surface area (TPSA) is 40.2 Å². The van der Waals surface area contributed by atoms with Crippen LogP contribution in [0.5, 0.6) is 0 Å². The molecule has 0 radical (unpaired) electrons. The first kappa shape index (κ1) is 13.1. The molecular weight excluding hydrogens is 212 g/mol. The second-order valence-electron chi connectivity index (χ2n) is 3.81. The summed E-state index contributed by atoms with van der Waals surface area (Å²) < 4.78 is 21.6. The van der Waals surface area contributed by atoms with E-state index in [0.717, 1.165) is 38.3 Å². The Kier molecular flexibility index (Phi) is 5.77. The minimum absolute atomic E-state index is 0.364. The lowest BCUT2D eigenvalue weighted by atomic mass is 10.5. The maximum absolute atomic E-state index is 5.51. The van der Waals surface area contributed by atoms with Gasteiger partial charge in [-0.15, -0.1) is 0 Å². The van der Waals surface area contributed by atoms with Gasteiger partial charge in [-0.25, -0.2) is 0 Å². The van der Waals surface area contributed by atoms with Crippen LogP contribution in [-0.2, 0) is 18.3 Å². The van der Waals surface area contributed by atoms with E-state index < -0.39 is 8.56 Å². The van der Waals surface area contributed by atoms with Gasteiger partial charge in [0.25, 0.3) is 0 Å². The van der Waals surface area contributed by atoms with E-state index in [0.29, 0.717) is 6.10 Å². The number of ether oxygens (including phenoxy) is 2. The Morgan fingerprint density at radius 1 is 1.33 bits per heavy atom. The molecule has 0 amide bonds. The Morgan fingerprint density at radius 3 is 2.47 bits per heavy atom. The third-order valence-corrected chi connectivity index (χ3v) is 6.52. The molecule has 1 heterocycles. The molecule has 0 aromatic rings. The van der Waals surface area contributed by atoms with Crippen LogP contribution < -0.4 is 0 Å². The van der Waals surface area contributed by atoms with Crippen LogP contribution in [0.15, 0.2) is 0 Å². The van der Waals surface area contributed by atoms with Crippen molar-refractivity contribution in [3.05, 3.63) is 0 Å². The van der Waals surface area contributed by atoms with E-state index in [1.54, 1.807) is 14.2 Å². The minimum atomic E-state index is -1.89. The highest BCUT2D eigenvalue weighted by Crippen LogP contribution is 2.19. The Hall–Kier alpha value is 0.0569. The van der Waals surface area contributed by atoms with Gasteiger partial charge >= 0.3 is 8.56 Å². The normalized spacial score (nSPS) is 20.6. The molecule has 0 N–H and O–H groups in total. The lowest BCUT2D eigenvalue weighted by Gasteiger charge is -2.25. The largest absolute Gasteiger partial charge is 0.398 e. The van der Waals surface area contributed by atoms with Crippen LogP contribution in [0.25, 0.3) is 0 Å². The molecule has 1 atom stereocenters. The first-order valence-electron chi connectivity index (χ1n) is 5.56. The maximum atomic E-state index is 5.51. The molecule has 0 unspecified atom stereocenters. The van der Waals surface area contributed by atoms with Crippen molar-refractivity contribution in [3.8, 4) is 0 Å². The van der Waals surface area contributed by atoms with Crippen molar-refractivity contribution in [3.63, 3.8) is 0 Å². The zero-order chi connectivity index (χ0) is 11.1. The van der Waals surface area contributed by atoms with Crippen LogP contribution in [0.4, 0.5) is 0 Å². The molecule has 0 saturated carbocycles. The lowest BCUT2D eigenvalue weighted by Crippen LogP contribution is -2.39. The molecule has 1 aliphatic heterocycles. The molecule has 0 aromatic carbocycles. The van der Waals surface area contributed by atoms with Crippen molar-refractivity contribution in [1.29, 1.82) is 0 Å². The summed E-state index contributed by atoms with van der Waals surface area (Å²) in [4.78, 5) is 0.